The van der Waals surface area contributed by atoms with Crippen molar-refractivity contribution in [2.75, 3.05) is 0 Å². The number of benzene rings is 2. The second kappa shape index (κ2) is 5.46. The van der Waals surface area contributed by atoms with Crippen LogP contribution in [0.1, 0.15) is 11.1 Å². The van der Waals surface area contributed by atoms with E-state index in [9.17, 15) is 0 Å². The van der Waals surface area contributed by atoms with Crippen LogP contribution in [-0.2, 0) is 0 Å². The van der Waals surface area contributed by atoms with Crippen molar-refractivity contribution in [1.82, 2.24) is 0 Å². The Balaban J connectivity index is 2.29. The summed E-state index contributed by atoms with van der Waals surface area (Å²) in [4.78, 5) is 0. The van der Waals surface area contributed by atoms with Crippen LogP contribution in [0, 0.1) is 0 Å². The molecule has 0 fully saturated rings. The van der Waals surface area contributed by atoms with Crippen molar-refractivity contribution in [2.24, 2.45) is 0 Å². The number of rotatable bonds is 2. The lowest BCUT2D eigenvalue weighted by molar-refractivity contribution is 1.59. The summed E-state index contributed by atoms with van der Waals surface area (Å²) in [5, 5.41) is 0. The van der Waals surface area contributed by atoms with Crippen molar-refractivity contribution >= 4 is 44.0 Å². The van der Waals surface area contributed by atoms with Crippen molar-refractivity contribution < 1.29 is 0 Å². The molecule has 0 nitrogen and oxygen atoms in total. The van der Waals surface area contributed by atoms with Crippen LogP contribution in [0.5, 0.6) is 0 Å². The maximum atomic E-state index is 3.53. The van der Waals surface area contributed by atoms with Crippen LogP contribution in [-0.4, -0.2) is 0 Å². The molecule has 0 saturated carbocycles. The van der Waals surface area contributed by atoms with Gasteiger partial charge in [-0.05, 0) is 23.3 Å². The van der Waals surface area contributed by atoms with Crippen molar-refractivity contribution in [3.05, 3.63) is 68.6 Å². The van der Waals surface area contributed by atoms with Crippen LogP contribution in [0.4, 0.5) is 0 Å². The van der Waals surface area contributed by atoms with E-state index < -0.39 is 0 Å². The van der Waals surface area contributed by atoms with E-state index in [0.29, 0.717) is 0 Å². The highest BCUT2D eigenvalue weighted by atomic mass is 79.9. The van der Waals surface area contributed by atoms with Gasteiger partial charge in [-0.2, -0.15) is 0 Å². The number of hydrogen-bond donors (Lipinski definition) is 0. The Bertz CT molecular complexity index is 468. The van der Waals surface area contributed by atoms with E-state index in [4.69, 9.17) is 0 Å². The van der Waals surface area contributed by atoms with E-state index in [1.54, 1.807) is 0 Å². The van der Waals surface area contributed by atoms with Crippen LogP contribution in [0.2, 0.25) is 0 Å². The normalized spacial score (nSPS) is 10.9. The minimum absolute atomic E-state index is 1.11. The fourth-order valence-corrected chi connectivity index (χ4v) is 2.23. The zero-order chi connectivity index (χ0) is 11.4. The van der Waals surface area contributed by atoms with Crippen LogP contribution < -0.4 is 0 Å². The molecule has 0 aromatic heterocycles. The first-order chi connectivity index (χ1) is 7.77. The average Bonchev–Trinajstić information content (AvgIpc) is 2.30. The Morgan fingerprint density at radius 3 is 1.38 bits per heavy atom. The third kappa shape index (κ3) is 2.83. The molecule has 0 amide bonds. The quantitative estimate of drug-likeness (QED) is 0.645. The van der Waals surface area contributed by atoms with Gasteiger partial charge in [0.1, 0.15) is 0 Å². The molecule has 0 aliphatic carbocycles. The van der Waals surface area contributed by atoms with Crippen molar-refractivity contribution in [2.45, 2.75) is 0 Å². The fraction of sp³-hybridized carbons (Fsp3) is 0. The topological polar surface area (TPSA) is 0 Å². The molecule has 2 rings (SSSR count). The summed E-state index contributed by atoms with van der Waals surface area (Å²) in [5.74, 6) is 0. The molecule has 0 radical (unpaired) electrons. The molecule has 0 N–H and O–H groups in total. The predicted octanol–water partition coefficient (Wildman–Crippen LogP) is 5.38. The van der Waals surface area contributed by atoms with Gasteiger partial charge in [0.15, 0.2) is 0 Å². The minimum atomic E-state index is 1.11. The van der Waals surface area contributed by atoms with Gasteiger partial charge in [0.05, 0.1) is 0 Å². The zero-order valence-corrected chi connectivity index (χ0v) is 11.7. The van der Waals surface area contributed by atoms with E-state index in [2.05, 4.69) is 56.1 Å². The summed E-state index contributed by atoms with van der Waals surface area (Å²) in [6.07, 6.45) is 4.20. The molecule has 0 saturated heterocycles. The van der Waals surface area contributed by atoms with E-state index in [-0.39, 0.29) is 0 Å². The molecule has 2 heteroatoms. The Kier molecular flexibility index (Phi) is 3.97. The first-order valence-corrected chi connectivity index (χ1v) is 6.53. The van der Waals surface area contributed by atoms with E-state index >= 15 is 0 Å². The van der Waals surface area contributed by atoms with Gasteiger partial charge in [0, 0.05) is 8.95 Å². The Hall–Kier alpha value is -0.860. The van der Waals surface area contributed by atoms with Crippen LogP contribution >= 0.6 is 31.9 Å². The molecule has 0 aliphatic rings. The molecule has 80 valence electrons. The molecule has 0 heterocycles. The smallest absolute Gasteiger partial charge is 0.0247 e. The maximum absolute atomic E-state index is 3.53. The Labute approximate surface area is 112 Å². The summed E-state index contributed by atoms with van der Waals surface area (Å²) in [5.41, 5.74) is 2.36. The maximum Gasteiger partial charge on any atom is 0.0247 e. The van der Waals surface area contributed by atoms with E-state index in [1.165, 1.54) is 11.1 Å². The monoisotopic (exact) mass is 336 g/mol. The molecule has 2 aromatic rings. The molecule has 2 aromatic carbocycles. The molecule has 16 heavy (non-hydrogen) atoms. The Morgan fingerprint density at radius 1 is 0.625 bits per heavy atom. The summed E-state index contributed by atoms with van der Waals surface area (Å²) in [7, 11) is 0. The standard InChI is InChI=1S/C14H10Br2/c15-13-7-3-1-5-11(13)9-10-12-6-2-4-8-14(12)16/h1-10H. The lowest BCUT2D eigenvalue weighted by atomic mass is 10.1. The summed E-state index contributed by atoms with van der Waals surface area (Å²) in [6.45, 7) is 0. The first-order valence-electron chi connectivity index (χ1n) is 4.94. The number of hydrogen-bond acceptors (Lipinski definition) is 0. The lowest BCUT2D eigenvalue weighted by Gasteiger charge is -1.99. The zero-order valence-electron chi connectivity index (χ0n) is 8.53. The summed E-state index contributed by atoms with van der Waals surface area (Å²) < 4.78 is 2.22. The third-order valence-corrected chi connectivity index (χ3v) is 3.70. The van der Waals surface area contributed by atoms with Gasteiger partial charge >= 0.3 is 0 Å². The third-order valence-electron chi connectivity index (χ3n) is 2.25. The van der Waals surface area contributed by atoms with Crippen molar-refractivity contribution in [3.8, 4) is 0 Å². The fourth-order valence-electron chi connectivity index (χ4n) is 1.40. The van der Waals surface area contributed by atoms with Gasteiger partial charge in [-0.3, -0.25) is 0 Å². The number of halogens is 2. The highest BCUT2D eigenvalue weighted by Gasteiger charge is 1.95. The average molecular weight is 338 g/mol. The SMILES string of the molecule is Brc1ccccc1C=Cc1ccccc1Br. The van der Waals surface area contributed by atoms with Gasteiger partial charge in [0.2, 0.25) is 0 Å². The largest absolute Gasteiger partial charge is 0.0616 e. The molecular weight excluding hydrogens is 328 g/mol. The molecule has 0 aliphatic heterocycles. The molecule has 0 atom stereocenters. The summed E-state index contributed by atoms with van der Waals surface area (Å²) >= 11 is 7.05. The van der Waals surface area contributed by atoms with Crippen LogP contribution in [0.25, 0.3) is 12.2 Å². The van der Waals surface area contributed by atoms with E-state index in [0.717, 1.165) is 8.95 Å². The van der Waals surface area contributed by atoms with Crippen molar-refractivity contribution in [3.63, 3.8) is 0 Å². The highest BCUT2D eigenvalue weighted by Crippen LogP contribution is 2.21. The predicted molar refractivity (Wildman–Crippen MR) is 77.2 cm³/mol. The van der Waals surface area contributed by atoms with Gasteiger partial charge in [-0.1, -0.05) is 80.4 Å². The summed E-state index contributed by atoms with van der Waals surface area (Å²) in [6, 6.07) is 16.3. The lowest BCUT2D eigenvalue weighted by Crippen LogP contribution is -1.76. The molecule has 0 spiro atoms. The first kappa shape index (κ1) is 11.6. The Morgan fingerprint density at radius 2 is 1.00 bits per heavy atom. The van der Waals surface area contributed by atoms with Crippen LogP contribution in [0.15, 0.2) is 57.5 Å². The van der Waals surface area contributed by atoms with Crippen LogP contribution in [0.3, 0.4) is 0 Å². The molecular formula is C14H10Br2. The van der Waals surface area contributed by atoms with Gasteiger partial charge in [-0.15, -0.1) is 0 Å². The van der Waals surface area contributed by atoms with Crippen molar-refractivity contribution in [1.29, 1.82) is 0 Å². The molecule has 0 bridgehead atoms. The minimum Gasteiger partial charge on any atom is -0.0616 e. The highest BCUT2D eigenvalue weighted by molar-refractivity contribution is 9.10. The van der Waals surface area contributed by atoms with Gasteiger partial charge < -0.3 is 0 Å². The molecule has 0 unspecified atom stereocenters. The van der Waals surface area contributed by atoms with Gasteiger partial charge in [-0.25, -0.2) is 0 Å². The second-order valence-electron chi connectivity index (χ2n) is 3.38. The second-order valence-corrected chi connectivity index (χ2v) is 5.09. The van der Waals surface area contributed by atoms with E-state index in [1.807, 2.05) is 36.4 Å². The van der Waals surface area contributed by atoms with Gasteiger partial charge in [0.25, 0.3) is 0 Å².